The summed E-state index contributed by atoms with van der Waals surface area (Å²) in [6, 6.07) is 1.91. The van der Waals surface area contributed by atoms with Crippen molar-refractivity contribution in [1.82, 2.24) is 14.7 Å². The van der Waals surface area contributed by atoms with Gasteiger partial charge in [0.1, 0.15) is 5.76 Å². The largest absolute Gasteiger partial charge is 0.456 e. The first kappa shape index (κ1) is 21.5. The van der Waals surface area contributed by atoms with Gasteiger partial charge in [0.25, 0.3) is 5.91 Å². The summed E-state index contributed by atoms with van der Waals surface area (Å²) < 4.78 is 5.90. The second-order valence-electron chi connectivity index (χ2n) is 8.21. The number of hydrogen-bond donors (Lipinski definition) is 0. The lowest BCUT2D eigenvalue weighted by Crippen LogP contribution is -2.53. The van der Waals surface area contributed by atoms with Crippen molar-refractivity contribution in [1.29, 1.82) is 0 Å². The smallest absolute Gasteiger partial charge is 0.289 e. The van der Waals surface area contributed by atoms with Crippen LogP contribution in [0.2, 0.25) is 0 Å². The molecule has 0 unspecified atom stereocenters. The molecule has 0 atom stereocenters. The Morgan fingerprint density at radius 3 is 2.07 bits per heavy atom. The van der Waals surface area contributed by atoms with Crippen LogP contribution in [-0.4, -0.2) is 65.8 Å². The number of carbonyl (C=O) groups is 2. The molecule has 0 saturated carbocycles. The van der Waals surface area contributed by atoms with Gasteiger partial charge in [-0.3, -0.25) is 14.5 Å². The standard InChI is InChI=1S/C21H35N3O3/c1-7-17-16(15-22(8-2)9-3)14-18(27-17)19(25)23-10-12-24(13-11-23)20(26)21(4,5)6/h14H,7-13,15H2,1-6H3. The van der Waals surface area contributed by atoms with Crippen molar-refractivity contribution in [3.05, 3.63) is 23.2 Å². The Morgan fingerprint density at radius 2 is 1.59 bits per heavy atom. The number of amides is 2. The zero-order valence-electron chi connectivity index (χ0n) is 17.8. The molecule has 2 rings (SSSR count). The van der Waals surface area contributed by atoms with E-state index in [1.165, 1.54) is 0 Å². The number of aryl methyl sites for hydroxylation is 1. The second kappa shape index (κ2) is 8.91. The summed E-state index contributed by atoms with van der Waals surface area (Å²) in [4.78, 5) is 31.3. The number of rotatable bonds is 6. The molecule has 0 N–H and O–H groups in total. The summed E-state index contributed by atoms with van der Waals surface area (Å²) >= 11 is 0. The summed E-state index contributed by atoms with van der Waals surface area (Å²) in [6.07, 6.45) is 0.776. The van der Waals surface area contributed by atoms with E-state index in [9.17, 15) is 9.59 Å². The van der Waals surface area contributed by atoms with Gasteiger partial charge in [-0.05, 0) is 19.2 Å². The van der Waals surface area contributed by atoms with Gasteiger partial charge in [0, 0.05) is 50.1 Å². The van der Waals surface area contributed by atoms with Crippen LogP contribution in [0.1, 0.15) is 63.4 Å². The van der Waals surface area contributed by atoms with Crippen molar-refractivity contribution in [2.75, 3.05) is 39.3 Å². The van der Waals surface area contributed by atoms with E-state index in [0.717, 1.165) is 37.4 Å². The maximum atomic E-state index is 12.9. The molecule has 0 bridgehead atoms. The molecule has 27 heavy (non-hydrogen) atoms. The Bertz CT molecular complexity index is 648. The van der Waals surface area contributed by atoms with Crippen molar-refractivity contribution in [2.24, 2.45) is 5.41 Å². The minimum atomic E-state index is -0.386. The van der Waals surface area contributed by atoms with Crippen LogP contribution in [0.4, 0.5) is 0 Å². The summed E-state index contributed by atoms with van der Waals surface area (Å²) in [5, 5.41) is 0. The number of furan rings is 1. The summed E-state index contributed by atoms with van der Waals surface area (Å²) in [7, 11) is 0. The molecule has 6 nitrogen and oxygen atoms in total. The fourth-order valence-electron chi connectivity index (χ4n) is 3.44. The average molecular weight is 378 g/mol. The maximum absolute atomic E-state index is 12.9. The molecule has 2 amide bonds. The minimum Gasteiger partial charge on any atom is -0.456 e. The van der Waals surface area contributed by atoms with Crippen LogP contribution >= 0.6 is 0 Å². The molecule has 6 heteroatoms. The quantitative estimate of drug-likeness (QED) is 0.765. The van der Waals surface area contributed by atoms with Crippen LogP contribution in [0.15, 0.2) is 10.5 Å². The van der Waals surface area contributed by atoms with Gasteiger partial charge in [0.05, 0.1) is 0 Å². The lowest BCUT2D eigenvalue weighted by molar-refractivity contribution is -0.140. The van der Waals surface area contributed by atoms with Crippen molar-refractivity contribution < 1.29 is 14.0 Å². The van der Waals surface area contributed by atoms with Gasteiger partial charge in [0.2, 0.25) is 5.91 Å². The molecule has 1 aromatic heterocycles. The van der Waals surface area contributed by atoms with Crippen molar-refractivity contribution >= 4 is 11.8 Å². The van der Waals surface area contributed by atoms with Crippen LogP contribution in [0.25, 0.3) is 0 Å². The molecule has 1 aliphatic heterocycles. The number of piperazine rings is 1. The van der Waals surface area contributed by atoms with E-state index in [0.29, 0.717) is 31.9 Å². The van der Waals surface area contributed by atoms with E-state index in [1.54, 1.807) is 4.90 Å². The number of hydrogen-bond acceptors (Lipinski definition) is 4. The lowest BCUT2D eigenvalue weighted by Gasteiger charge is -2.37. The third kappa shape index (κ3) is 5.12. The average Bonchev–Trinajstić information content (AvgIpc) is 3.07. The number of nitrogens with zero attached hydrogens (tertiary/aromatic N) is 3. The van der Waals surface area contributed by atoms with Crippen molar-refractivity contribution in [3.8, 4) is 0 Å². The third-order valence-electron chi connectivity index (χ3n) is 5.21. The second-order valence-corrected chi connectivity index (χ2v) is 8.21. The topological polar surface area (TPSA) is 57.0 Å². The summed E-state index contributed by atoms with van der Waals surface area (Å²) in [5.74, 6) is 1.39. The Balaban J connectivity index is 2.04. The minimum absolute atomic E-state index is 0.0710. The molecule has 152 valence electrons. The maximum Gasteiger partial charge on any atom is 0.289 e. The highest BCUT2D eigenvalue weighted by molar-refractivity contribution is 5.92. The fraction of sp³-hybridized carbons (Fsp3) is 0.714. The van der Waals surface area contributed by atoms with E-state index < -0.39 is 0 Å². The van der Waals surface area contributed by atoms with Crippen LogP contribution < -0.4 is 0 Å². The molecule has 1 aromatic rings. The first-order chi connectivity index (χ1) is 12.7. The lowest BCUT2D eigenvalue weighted by atomic mass is 9.94. The fourth-order valence-corrected chi connectivity index (χ4v) is 3.44. The van der Waals surface area contributed by atoms with Gasteiger partial charge in [-0.2, -0.15) is 0 Å². The van der Waals surface area contributed by atoms with E-state index >= 15 is 0 Å². The van der Waals surface area contributed by atoms with Crippen molar-refractivity contribution in [2.45, 2.75) is 54.5 Å². The molecular weight excluding hydrogens is 342 g/mol. The van der Waals surface area contributed by atoms with Crippen LogP contribution in [0, 0.1) is 5.41 Å². The van der Waals surface area contributed by atoms with E-state index in [1.807, 2.05) is 31.7 Å². The third-order valence-corrected chi connectivity index (χ3v) is 5.21. The highest BCUT2D eigenvalue weighted by Crippen LogP contribution is 2.22. The van der Waals surface area contributed by atoms with Gasteiger partial charge < -0.3 is 14.2 Å². The summed E-state index contributed by atoms with van der Waals surface area (Å²) in [5.41, 5.74) is 0.717. The Labute approximate surface area is 163 Å². The molecule has 0 aromatic carbocycles. The van der Waals surface area contributed by atoms with Gasteiger partial charge in [-0.1, -0.05) is 41.5 Å². The first-order valence-electron chi connectivity index (χ1n) is 10.1. The highest BCUT2D eigenvalue weighted by atomic mass is 16.4. The van der Waals surface area contributed by atoms with Crippen molar-refractivity contribution in [3.63, 3.8) is 0 Å². The van der Waals surface area contributed by atoms with Crippen LogP contribution in [-0.2, 0) is 17.8 Å². The normalized spacial score (nSPS) is 15.5. The van der Waals surface area contributed by atoms with Gasteiger partial charge >= 0.3 is 0 Å². The molecule has 1 saturated heterocycles. The van der Waals surface area contributed by atoms with Gasteiger partial charge in [0.15, 0.2) is 5.76 Å². The molecule has 1 fully saturated rings. The molecular formula is C21H35N3O3. The van der Waals surface area contributed by atoms with E-state index in [2.05, 4.69) is 25.7 Å². The molecule has 0 radical (unpaired) electrons. The van der Waals surface area contributed by atoms with E-state index in [-0.39, 0.29) is 17.2 Å². The molecule has 0 spiro atoms. The zero-order valence-corrected chi connectivity index (χ0v) is 17.8. The predicted octanol–water partition coefficient (Wildman–Crippen LogP) is 3.01. The monoisotopic (exact) mass is 377 g/mol. The Kier molecular flexibility index (Phi) is 7.09. The van der Waals surface area contributed by atoms with Crippen LogP contribution in [0.3, 0.4) is 0 Å². The first-order valence-corrected chi connectivity index (χ1v) is 10.1. The summed E-state index contributed by atoms with van der Waals surface area (Å²) in [6.45, 7) is 17.1. The Hall–Kier alpha value is -1.82. The molecule has 1 aliphatic rings. The van der Waals surface area contributed by atoms with Gasteiger partial charge in [-0.25, -0.2) is 0 Å². The van der Waals surface area contributed by atoms with Gasteiger partial charge in [-0.15, -0.1) is 0 Å². The molecule has 0 aliphatic carbocycles. The highest BCUT2D eigenvalue weighted by Gasteiger charge is 2.32. The SMILES string of the molecule is CCc1oc(C(=O)N2CCN(C(=O)C(C)(C)C)CC2)cc1CN(CC)CC. The van der Waals surface area contributed by atoms with Crippen LogP contribution in [0.5, 0.6) is 0 Å². The van der Waals surface area contributed by atoms with E-state index in [4.69, 9.17) is 4.42 Å². The predicted molar refractivity (Wildman–Crippen MR) is 107 cm³/mol. The number of carbonyl (C=O) groups excluding carboxylic acids is 2. The Morgan fingerprint density at radius 1 is 1.04 bits per heavy atom. The molecule has 2 heterocycles. The zero-order chi connectivity index (χ0) is 20.2.